The Kier molecular flexibility index (Phi) is 9.15. The van der Waals surface area contributed by atoms with Crippen molar-refractivity contribution in [3.63, 3.8) is 0 Å². The molecule has 2 aliphatic heterocycles. The summed E-state index contributed by atoms with van der Waals surface area (Å²) in [6, 6.07) is 1.32. The van der Waals surface area contributed by atoms with E-state index in [4.69, 9.17) is 23.4 Å². The molecule has 0 aromatic carbocycles. The lowest BCUT2D eigenvalue weighted by molar-refractivity contribution is -0.158. The van der Waals surface area contributed by atoms with E-state index in [2.05, 4.69) is 46.5 Å². The normalized spacial score (nSPS) is 28.9. The van der Waals surface area contributed by atoms with Gasteiger partial charge in [-0.05, 0) is 58.2 Å². The zero-order chi connectivity index (χ0) is 28.8. The van der Waals surface area contributed by atoms with Gasteiger partial charge in [-0.25, -0.2) is 4.79 Å². The topological polar surface area (TPSA) is 101 Å². The van der Waals surface area contributed by atoms with Gasteiger partial charge in [0.1, 0.15) is 33.7 Å². The second kappa shape index (κ2) is 11.1. The van der Waals surface area contributed by atoms with E-state index in [1.807, 2.05) is 41.5 Å². The highest BCUT2D eigenvalue weighted by Gasteiger charge is 2.72. The molecule has 2 aliphatic rings. The van der Waals surface area contributed by atoms with E-state index in [-0.39, 0.29) is 18.1 Å². The van der Waals surface area contributed by atoms with Crippen LogP contribution in [-0.2, 0) is 23.4 Å². The van der Waals surface area contributed by atoms with Crippen molar-refractivity contribution < 1.29 is 23.4 Å². The molecule has 0 saturated carbocycles. The Morgan fingerprint density at radius 1 is 1.00 bits per heavy atom. The molecular formula is C27H50N2O7Si2. The maximum Gasteiger partial charge on any atom is 0.330 e. The predicted octanol–water partition coefficient (Wildman–Crippen LogP) is 3.80. The minimum atomic E-state index is -2.19. The second-order valence-electron chi connectivity index (χ2n) is 13.8. The summed E-state index contributed by atoms with van der Waals surface area (Å²) >= 11 is 0. The van der Waals surface area contributed by atoms with Crippen molar-refractivity contribution in [2.45, 2.75) is 140 Å². The summed E-state index contributed by atoms with van der Waals surface area (Å²) in [4.78, 5) is 27.1. The van der Waals surface area contributed by atoms with Gasteiger partial charge in [0.05, 0.1) is 16.9 Å². The molecule has 5 atom stereocenters. The Morgan fingerprint density at radius 2 is 1.55 bits per heavy atom. The zero-order valence-corrected chi connectivity index (χ0v) is 27.8. The standard InChI is InChI=1S/C27H50N2O7Si2/c1-16(2)38(17(3)4,18(5)6)33-15-32-20-21(34-25(7,8)9)27(23(37-27)36-26(10,11)12)35-22(20)29-14-13-19(30)28-24(29)31/h13-14,16-18,20-23H,15,37H2,1-12H3,(H,28,30,31)/t20-,21+,22-,23?,27-/m1/s1. The molecular weight excluding hydrogens is 520 g/mol. The fraction of sp³-hybridized carbons (Fsp3) is 0.852. The number of H-pyrrole nitrogens is 1. The van der Waals surface area contributed by atoms with Crippen LogP contribution in [0.4, 0.5) is 0 Å². The lowest BCUT2D eigenvalue weighted by Crippen LogP contribution is -2.50. The van der Waals surface area contributed by atoms with E-state index in [1.54, 1.807) is 0 Å². The lowest BCUT2D eigenvalue weighted by atomic mass is 10.1. The fourth-order valence-corrected chi connectivity index (χ4v) is 13.8. The van der Waals surface area contributed by atoms with E-state index in [0.29, 0.717) is 16.6 Å². The summed E-state index contributed by atoms with van der Waals surface area (Å²) in [7, 11) is -3.08. The zero-order valence-electron chi connectivity index (χ0n) is 25.4. The molecule has 218 valence electrons. The quantitative estimate of drug-likeness (QED) is 0.337. The molecule has 0 radical (unpaired) electrons. The average molecular weight is 571 g/mol. The molecule has 1 spiro atoms. The second-order valence-corrected chi connectivity index (χ2v) is 21.5. The Morgan fingerprint density at radius 3 is 2.03 bits per heavy atom. The number of aromatic nitrogens is 2. The van der Waals surface area contributed by atoms with Crippen LogP contribution < -0.4 is 11.2 Å². The highest BCUT2D eigenvalue weighted by Crippen LogP contribution is 2.52. The molecule has 2 saturated heterocycles. The van der Waals surface area contributed by atoms with Gasteiger partial charge < -0.3 is 23.4 Å². The van der Waals surface area contributed by atoms with Crippen LogP contribution in [0.3, 0.4) is 0 Å². The van der Waals surface area contributed by atoms with Gasteiger partial charge in [-0.15, -0.1) is 0 Å². The fourth-order valence-electron chi connectivity index (χ4n) is 6.28. The van der Waals surface area contributed by atoms with Crippen molar-refractivity contribution in [2.75, 3.05) is 6.79 Å². The van der Waals surface area contributed by atoms with Gasteiger partial charge in [0.25, 0.3) is 5.56 Å². The Labute approximate surface area is 230 Å². The number of hydrogen-bond acceptors (Lipinski definition) is 7. The molecule has 1 N–H and O–H groups in total. The third-order valence-electron chi connectivity index (χ3n) is 7.67. The smallest absolute Gasteiger partial charge is 0.330 e. The number of aromatic amines is 1. The maximum atomic E-state index is 12.9. The summed E-state index contributed by atoms with van der Waals surface area (Å²) in [5, 5.41) is -0.645. The minimum absolute atomic E-state index is 0.0792. The van der Waals surface area contributed by atoms with Crippen molar-refractivity contribution in [3.8, 4) is 0 Å². The molecule has 0 amide bonds. The first-order chi connectivity index (χ1) is 17.3. The number of hydrogen-bond donors (Lipinski definition) is 1. The van der Waals surface area contributed by atoms with E-state index < -0.39 is 58.3 Å². The average Bonchev–Trinajstić information content (AvgIpc) is 3.32. The Balaban J connectivity index is 2.00. The van der Waals surface area contributed by atoms with Crippen molar-refractivity contribution >= 4 is 17.8 Å². The van der Waals surface area contributed by atoms with Crippen LogP contribution in [0.2, 0.25) is 16.6 Å². The first-order valence-electron chi connectivity index (χ1n) is 13.9. The number of rotatable bonds is 10. The monoisotopic (exact) mass is 570 g/mol. The molecule has 3 heterocycles. The molecule has 0 bridgehead atoms. The largest absolute Gasteiger partial charge is 0.394 e. The highest BCUT2D eigenvalue weighted by atomic mass is 28.4. The van der Waals surface area contributed by atoms with Gasteiger partial charge in [-0.3, -0.25) is 14.3 Å². The van der Waals surface area contributed by atoms with Gasteiger partial charge in [-0.2, -0.15) is 0 Å². The molecule has 9 nitrogen and oxygen atoms in total. The van der Waals surface area contributed by atoms with Crippen LogP contribution in [0.25, 0.3) is 0 Å². The van der Waals surface area contributed by atoms with Crippen molar-refractivity contribution in [2.24, 2.45) is 0 Å². The number of ether oxygens (including phenoxy) is 4. The van der Waals surface area contributed by atoms with Crippen LogP contribution in [-0.4, -0.2) is 68.5 Å². The van der Waals surface area contributed by atoms with Gasteiger partial charge in [0.2, 0.25) is 8.32 Å². The summed E-state index contributed by atoms with van der Waals surface area (Å²) in [5.74, 6) is 0. The Bertz CT molecular complexity index is 1050. The predicted molar refractivity (Wildman–Crippen MR) is 154 cm³/mol. The summed E-state index contributed by atoms with van der Waals surface area (Å²) in [6.07, 6.45) is -0.404. The SMILES string of the molecule is CC(C)[Si](OCO[C@H]1[C@H](n2ccc(=O)[nH]c2=O)O[C@@]2([SiH2]C2OC(C)(C)C)[C@H]1OC(C)(C)C)(C(C)C)C(C)C. The Hall–Kier alpha value is -1.09. The van der Waals surface area contributed by atoms with Crippen LogP contribution >= 0.6 is 0 Å². The summed E-state index contributed by atoms with van der Waals surface area (Å²) < 4.78 is 34.4. The number of nitrogens with zero attached hydrogens (tertiary/aromatic N) is 1. The third kappa shape index (κ3) is 6.45. The minimum Gasteiger partial charge on any atom is -0.394 e. The molecule has 2 fully saturated rings. The van der Waals surface area contributed by atoms with E-state index in [0.717, 1.165) is 0 Å². The van der Waals surface area contributed by atoms with Gasteiger partial charge in [0.15, 0.2) is 6.23 Å². The van der Waals surface area contributed by atoms with Crippen molar-refractivity contribution in [3.05, 3.63) is 33.1 Å². The number of nitrogens with one attached hydrogen (secondary N) is 1. The third-order valence-corrected chi connectivity index (χ3v) is 16.0. The molecule has 38 heavy (non-hydrogen) atoms. The van der Waals surface area contributed by atoms with Crippen molar-refractivity contribution in [1.29, 1.82) is 0 Å². The van der Waals surface area contributed by atoms with Crippen LogP contribution in [0.5, 0.6) is 0 Å². The van der Waals surface area contributed by atoms with Crippen LogP contribution in [0.1, 0.15) is 89.3 Å². The molecule has 3 rings (SSSR count). The van der Waals surface area contributed by atoms with Crippen LogP contribution in [0, 0.1) is 0 Å². The van der Waals surface area contributed by atoms with Gasteiger partial charge in [0, 0.05) is 12.3 Å². The van der Waals surface area contributed by atoms with Crippen molar-refractivity contribution in [1.82, 2.24) is 9.55 Å². The van der Waals surface area contributed by atoms with Gasteiger partial charge >= 0.3 is 5.69 Å². The summed E-state index contributed by atoms with van der Waals surface area (Å²) in [6.45, 7) is 25.6. The van der Waals surface area contributed by atoms with Crippen LogP contribution in [0.15, 0.2) is 21.9 Å². The van der Waals surface area contributed by atoms with E-state index >= 15 is 0 Å². The molecule has 1 unspecified atom stereocenters. The first-order valence-corrected chi connectivity index (χ1v) is 17.6. The van der Waals surface area contributed by atoms with Gasteiger partial charge in [-0.1, -0.05) is 41.5 Å². The molecule has 1 aromatic rings. The first kappa shape index (κ1) is 31.4. The van der Waals surface area contributed by atoms with E-state index in [1.165, 1.54) is 16.8 Å². The van der Waals surface area contributed by atoms with E-state index in [9.17, 15) is 9.59 Å². The molecule has 1 aromatic heterocycles. The highest BCUT2D eigenvalue weighted by molar-refractivity contribution is 6.77. The molecule has 0 aliphatic carbocycles. The lowest BCUT2D eigenvalue weighted by Gasteiger charge is -2.42. The summed E-state index contributed by atoms with van der Waals surface area (Å²) in [5.41, 5.74) is -0.719. The maximum absolute atomic E-state index is 12.9. The molecule has 11 heteroatoms.